The Morgan fingerprint density at radius 2 is 1.80 bits per heavy atom. The largest absolute Gasteiger partial charge is 0.501 e. The van der Waals surface area contributed by atoms with Crippen LogP contribution in [0.5, 0.6) is 11.5 Å². The number of methoxy groups -OCH3 is 3. The van der Waals surface area contributed by atoms with Gasteiger partial charge in [-0.15, -0.1) is 0 Å². The van der Waals surface area contributed by atoms with Crippen molar-refractivity contribution in [2.75, 3.05) is 48.0 Å². The molecular weight excluding hydrogens is 518 g/mol. The number of piperidine rings is 1. The van der Waals surface area contributed by atoms with Gasteiger partial charge in [-0.1, -0.05) is 39.0 Å². The van der Waals surface area contributed by atoms with Gasteiger partial charge in [-0.05, 0) is 69.3 Å². The first-order valence-corrected chi connectivity index (χ1v) is 14.8. The minimum atomic E-state index is -0.174. The number of rotatable bonds is 7. The van der Waals surface area contributed by atoms with Crippen LogP contribution in [-0.2, 0) is 22.5 Å². The van der Waals surface area contributed by atoms with Crippen molar-refractivity contribution in [3.05, 3.63) is 59.0 Å². The van der Waals surface area contributed by atoms with E-state index in [2.05, 4.69) is 42.8 Å². The van der Waals surface area contributed by atoms with E-state index in [1.807, 2.05) is 37.8 Å². The van der Waals surface area contributed by atoms with Crippen LogP contribution in [0.15, 0.2) is 47.9 Å². The van der Waals surface area contributed by atoms with Gasteiger partial charge in [0.25, 0.3) is 0 Å². The van der Waals surface area contributed by atoms with Crippen molar-refractivity contribution in [1.29, 1.82) is 0 Å². The summed E-state index contributed by atoms with van der Waals surface area (Å²) in [6.07, 6.45) is 11.9. The van der Waals surface area contributed by atoms with E-state index in [9.17, 15) is 9.59 Å². The van der Waals surface area contributed by atoms with Gasteiger partial charge in [0, 0.05) is 37.8 Å². The Balaban J connectivity index is 0.000000418. The number of likely N-dealkylation sites (tertiary alicyclic amines) is 1. The Kier molecular flexibility index (Phi) is 13.5. The lowest BCUT2D eigenvalue weighted by Crippen LogP contribution is -2.53. The third-order valence-electron chi connectivity index (χ3n) is 7.93. The highest BCUT2D eigenvalue weighted by Crippen LogP contribution is 2.46. The van der Waals surface area contributed by atoms with Crippen LogP contribution in [0.25, 0.3) is 0 Å². The molecule has 1 aromatic rings. The summed E-state index contributed by atoms with van der Waals surface area (Å²) >= 11 is 0. The number of ether oxygens (including phenoxy) is 3. The molecule has 3 heterocycles. The highest BCUT2D eigenvalue weighted by Gasteiger charge is 2.54. The fourth-order valence-corrected chi connectivity index (χ4v) is 5.75. The van der Waals surface area contributed by atoms with Crippen molar-refractivity contribution in [3.8, 4) is 11.5 Å². The number of amides is 2. The van der Waals surface area contributed by atoms with Crippen LogP contribution >= 0.6 is 0 Å². The number of urea groups is 1. The van der Waals surface area contributed by atoms with Gasteiger partial charge in [0.1, 0.15) is 17.8 Å². The Bertz CT molecular complexity index is 1100. The number of carbonyl (C=O) groups is 2. The average Bonchev–Trinajstić information content (AvgIpc) is 3.18. The number of benzene rings is 1. The second-order valence-corrected chi connectivity index (χ2v) is 10.5. The van der Waals surface area contributed by atoms with E-state index >= 15 is 0 Å². The number of nitrogens with zero attached hydrogens (tertiary/aromatic N) is 3. The SMILES string of the molecule is CC.CCN1C(=O)N2Cc3cc(OC)cc(OC)c3C[C@@H](C)/C=C\2C12CCN(C)CC2.CO/C(C)=C/C=C\CC=O. The third kappa shape index (κ3) is 7.94. The maximum Gasteiger partial charge on any atom is 0.325 e. The lowest BCUT2D eigenvalue weighted by Gasteiger charge is -2.43. The summed E-state index contributed by atoms with van der Waals surface area (Å²) in [5, 5.41) is 0. The summed E-state index contributed by atoms with van der Waals surface area (Å²) in [6, 6.07) is 4.14. The fourth-order valence-electron chi connectivity index (χ4n) is 5.75. The van der Waals surface area contributed by atoms with Crippen molar-refractivity contribution < 1.29 is 23.8 Å². The Morgan fingerprint density at radius 3 is 2.37 bits per heavy atom. The van der Waals surface area contributed by atoms with Crippen molar-refractivity contribution in [2.45, 2.75) is 72.4 Å². The molecule has 2 fully saturated rings. The summed E-state index contributed by atoms with van der Waals surface area (Å²) in [5.41, 5.74) is 3.33. The zero-order valence-corrected chi connectivity index (χ0v) is 26.7. The van der Waals surface area contributed by atoms with E-state index < -0.39 is 0 Å². The van der Waals surface area contributed by atoms with Gasteiger partial charge in [-0.2, -0.15) is 0 Å². The number of fused-ring (bicyclic) bond motifs is 3. The molecule has 0 unspecified atom stereocenters. The van der Waals surface area contributed by atoms with Crippen LogP contribution in [0.4, 0.5) is 4.79 Å². The number of aldehydes is 1. The normalized spacial score (nSPS) is 21.3. The predicted molar refractivity (Wildman–Crippen MR) is 165 cm³/mol. The minimum Gasteiger partial charge on any atom is -0.501 e. The molecule has 2 amide bonds. The van der Waals surface area contributed by atoms with Crippen LogP contribution < -0.4 is 9.47 Å². The van der Waals surface area contributed by atoms with Gasteiger partial charge in [0.05, 0.1) is 39.2 Å². The minimum absolute atomic E-state index is 0.130. The summed E-state index contributed by atoms with van der Waals surface area (Å²) in [6.45, 7) is 13.5. The summed E-state index contributed by atoms with van der Waals surface area (Å²) < 4.78 is 16.0. The number of carbonyl (C=O) groups excluding carboxylic acids is 2. The molecule has 0 radical (unpaired) electrons. The molecule has 0 aromatic heterocycles. The van der Waals surface area contributed by atoms with Crippen LogP contribution in [0.3, 0.4) is 0 Å². The molecule has 8 nitrogen and oxygen atoms in total. The molecule has 1 atom stereocenters. The third-order valence-corrected chi connectivity index (χ3v) is 7.93. The molecule has 8 heteroatoms. The molecule has 0 aliphatic carbocycles. The molecule has 0 saturated carbocycles. The molecule has 3 aliphatic rings. The standard InChI is InChI=1S/C23H33N3O3.C8H12O2.C2H6/c1-6-26-22(27)25-15-17-13-18(28-4)14-20(29-5)19(17)11-16(2)12-21(25)23(26)7-9-24(3)10-8-23;1-8(10-2)6-4-3-5-7-9;1-2/h12-14,16H,6-11,15H2,1-5H3;3-4,6-7H,5H2,1-2H3;1-2H3/b21-12-;4-3-,8-6+;/t16-;;/m1../s1. The zero-order valence-electron chi connectivity index (χ0n) is 26.7. The highest BCUT2D eigenvalue weighted by atomic mass is 16.5. The molecule has 0 N–H and O–H groups in total. The molecule has 4 rings (SSSR count). The monoisotopic (exact) mass is 569 g/mol. The molecule has 228 valence electrons. The first kappa shape index (κ1) is 33.9. The molecule has 1 aromatic carbocycles. The predicted octanol–water partition coefficient (Wildman–Crippen LogP) is 6.21. The first-order valence-electron chi connectivity index (χ1n) is 14.8. The van der Waals surface area contributed by atoms with E-state index in [1.54, 1.807) is 33.5 Å². The fraction of sp³-hybridized carbons (Fsp3) is 0.576. The van der Waals surface area contributed by atoms with Gasteiger partial charge in [-0.3, -0.25) is 4.90 Å². The zero-order chi connectivity index (χ0) is 30.6. The summed E-state index contributed by atoms with van der Waals surface area (Å²) in [5.74, 6) is 2.76. The van der Waals surface area contributed by atoms with Gasteiger partial charge in [-0.25, -0.2) is 4.79 Å². The maximum atomic E-state index is 13.6. The Hall–Kier alpha value is -3.26. The number of allylic oxidation sites excluding steroid dienone is 5. The molecule has 1 spiro atoms. The van der Waals surface area contributed by atoms with Crippen LogP contribution in [0, 0.1) is 5.92 Å². The molecule has 0 bridgehead atoms. The molecule has 2 saturated heterocycles. The molecular formula is C33H51N3O5. The smallest absolute Gasteiger partial charge is 0.325 e. The average molecular weight is 570 g/mol. The number of likely N-dealkylation sites (N-methyl/N-ethyl adjacent to an activating group) is 1. The molecule has 41 heavy (non-hydrogen) atoms. The van der Waals surface area contributed by atoms with Crippen molar-refractivity contribution >= 4 is 12.3 Å². The Morgan fingerprint density at radius 1 is 1.12 bits per heavy atom. The van der Waals surface area contributed by atoms with Gasteiger partial charge in [0.15, 0.2) is 0 Å². The van der Waals surface area contributed by atoms with E-state index in [1.165, 1.54) is 11.3 Å². The second-order valence-electron chi connectivity index (χ2n) is 10.5. The number of hydrogen-bond donors (Lipinski definition) is 0. The van der Waals surface area contributed by atoms with Gasteiger partial charge >= 0.3 is 6.03 Å². The van der Waals surface area contributed by atoms with Crippen LogP contribution in [-0.4, -0.2) is 80.6 Å². The van der Waals surface area contributed by atoms with E-state index in [-0.39, 0.29) is 11.6 Å². The van der Waals surface area contributed by atoms with Crippen LogP contribution in [0.1, 0.15) is 65.0 Å². The first-order chi connectivity index (χ1) is 19.7. The number of hydrogen-bond acceptors (Lipinski definition) is 6. The molecule has 3 aliphatic heterocycles. The summed E-state index contributed by atoms with van der Waals surface area (Å²) in [4.78, 5) is 29.9. The van der Waals surface area contributed by atoms with Crippen molar-refractivity contribution in [2.24, 2.45) is 5.92 Å². The quantitative estimate of drug-likeness (QED) is 0.221. The van der Waals surface area contributed by atoms with Gasteiger partial charge < -0.3 is 28.8 Å². The van der Waals surface area contributed by atoms with E-state index in [0.29, 0.717) is 18.9 Å². The lowest BCUT2D eigenvalue weighted by atomic mass is 9.81. The highest BCUT2D eigenvalue weighted by molar-refractivity contribution is 5.82. The lowest BCUT2D eigenvalue weighted by molar-refractivity contribution is -0.107. The van der Waals surface area contributed by atoms with Gasteiger partial charge in [0.2, 0.25) is 0 Å². The van der Waals surface area contributed by atoms with E-state index in [4.69, 9.17) is 14.2 Å². The van der Waals surface area contributed by atoms with Crippen LogP contribution in [0.2, 0.25) is 0 Å². The second kappa shape index (κ2) is 16.2. The topological polar surface area (TPSA) is 71.6 Å². The van der Waals surface area contributed by atoms with Crippen molar-refractivity contribution in [3.63, 3.8) is 0 Å². The van der Waals surface area contributed by atoms with Crippen molar-refractivity contribution in [1.82, 2.24) is 14.7 Å². The summed E-state index contributed by atoms with van der Waals surface area (Å²) in [7, 11) is 7.15. The maximum absolute atomic E-state index is 13.6. The van der Waals surface area contributed by atoms with E-state index in [0.717, 1.165) is 68.0 Å². The Labute approximate surface area is 247 Å².